The number of aliphatic hydroxyl groups is 1. The molecule has 0 aliphatic carbocycles. The first-order chi connectivity index (χ1) is 18.3. The molecule has 0 amide bonds. The molecule has 9 nitrogen and oxygen atoms in total. The van der Waals surface area contributed by atoms with E-state index in [9.17, 15) is 10.4 Å². The van der Waals surface area contributed by atoms with Crippen LogP contribution in [0, 0.1) is 32.1 Å². The summed E-state index contributed by atoms with van der Waals surface area (Å²) >= 11 is 0. The van der Waals surface area contributed by atoms with E-state index in [2.05, 4.69) is 42.8 Å². The van der Waals surface area contributed by atoms with Crippen LogP contribution in [0.4, 0.5) is 0 Å². The van der Waals surface area contributed by atoms with E-state index in [0.29, 0.717) is 29.9 Å². The van der Waals surface area contributed by atoms with Crippen molar-refractivity contribution < 1.29 is 29.2 Å². The average molecular weight is 510 g/mol. The van der Waals surface area contributed by atoms with E-state index in [1.165, 1.54) is 5.56 Å². The molecular formula is C28H33N3O6. The van der Waals surface area contributed by atoms with Crippen LogP contribution < -0.4 is 14.2 Å². The summed E-state index contributed by atoms with van der Waals surface area (Å²) in [6.07, 6.45) is 1.18. The van der Waals surface area contributed by atoms with Gasteiger partial charge in [0.1, 0.15) is 17.5 Å². The number of ether oxygens (including phenoxy) is 4. The first-order valence-corrected chi connectivity index (χ1v) is 12.7. The minimum absolute atomic E-state index is 0.0238. The van der Waals surface area contributed by atoms with Gasteiger partial charge in [-0.3, -0.25) is 9.80 Å². The number of piperazine rings is 1. The fourth-order valence-corrected chi connectivity index (χ4v) is 7.15. The van der Waals surface area contributed by atoms with Crippen LogP contribution in [0.25, 0.3) is 0 Å². The van der Waals surface area contributed by atoms with Gasteiger partial charge in [-0.15, -0.1) is 0 Å². The summed E-state index contributed by atoms with van der Waals surface area (Å²) in [6.45, 7) is 6.19. The smallest absolute Gasteiger partial charge is 0.231 e. The van der Waals surface area contributed by atoms with Gasteiger partial charge in [-0.25, -0.2) is 0 Å². The second-order valence-corrected chi connectivity index (χ2v) is 10.6. The third-order valence-electron chi connectivity index (χ3n) is 8.91. The van der Waals surface area contributed by atoms with E-state index in [1.54, 1.807) is 7.11 Å². The molecule has 1 unspecified atom stereocenters. The first-order valence-electron chi connectivity index (χ1n) is 13.1. The van der Waals surface area contributed by atoms with Crippen molar-refractivity contribution in [3.8, 4) is 29.1 Å². The van der Waals surface area contributed by atoms with Crippen molar-refractivity contribution in [2.75, 3.05) is 34.4 Å². The SMILES string of the molecule is [3H]OC[C@H]1c2c(c(O)c(C)c3c2OCO3)CC2[C@H]3c4c(cc(C)c(C)c4OCOC)C[C@H]([C@H](C#N)N21)N3C. The molecule has 0 aromatic heterocycles. The lowest BCUT2D eigenvalue weighted by Gasteiger charge is -2.59. The fourth-order valence-electron chi connectivity index (χ4n) is 7.15. The summed E-state index contributed by atoms with van der Waals surface area (Å²) in [5.41, 5.74) is 6.62. The number of aryl methyl sites for hydroxylation is 1. The number of phenols is 1. The van der Waals surface area contributed by atoms with E-state index >= 15 is 0 Å². The Morgan fingerprint density at radius 2 is 1.95 bits per heavy atom. The zero-order chi connectivity index (χ0) is 26.9. The van der Waals surface area contributed by atoms with Crippen molar-refractivity contribution >= 4 is 0 Å². The summed E-state index contributed by atoms with van der Waals surface area (Å²) in [6, 6.07) is 3.49. The number of hydrogen-bond donors (Lipinski definition) is 2. The van der Waals surface area contributed by atoms with E-state index in [1.807, 2.05) is 6.92 Å². The van der Waals surface area contributed by atoms with Crippen molar-refractivity contribution in [3.05, 3.63) is 45.0 Å². The quantitative estimate of drug-likeness (QED) is 0.588. The number of aromatic hydroxyl groups is 1. The monoisotopic (exact) mass is 509 g/mol. The van der Waals surface area contributed by atoms with E-state index in [-0.39, 0.29) is 44.1 Å². The van der Waals surface area contributed by atoms with Crippen molar-refractivity contribution in [3.63, 3.8) is 0 Å². The van der Waals surface area contributed by atoms with Gasteiger partial charge in [0.05, 0.1) is 24.8 Å². The van der Waals surface area contributed by atoms with Gasteiger partial charge in [-0.2, -0.15) is 5.26 Å². The molecule has 4 aliphatic rings. The second kappa shape index (κ2) is 8.77. The number of likely N-dealkylation sites (N-methyl/N-ethyl adjacent to an activating group) is 1. The number of rotatable bonds is 5. The fraction of sp³-hybridized carbons (Fsp3) is 0.536. The standard InChI is InChI=1S/C28H33N3O6/c1-13-6-16-7-18-20(9-29)31-19(24(30(18)4)22(16)26(14(13)2)35-11-34-5)8-17-23(21(31)10-32)28-27(36-12-37-28)15(3)25(17)33/h6,18-21,24,32-33H,7-8,10-12H2,1-5H3/t18-,19?,20+,21+,24+/m1/s1/i32T. The number of aliphatic hydroxyl groups excluding tert-OH is 1. The zero-order valence-corrected chi connectivity index (χ0v) is 21.8. The number of hydrogen-bond acceptors (Lipinski definition) is 9. The minimum atomic E-state index is -0.469. The molecule has 4 aliphatic heterocycles. The Balaban J connectivity index is 1.60. The van der Waals surface area contributed by atoms with Gasteiger partial charge in [0.2, 0.25) is 8.22 Å². The molecular weight excluding hydrogens is 474 g/mol. The third-order valence-corrected chi connectivity index (χ3v) is 8.91. The molecule has 1 saturated heterocycles. The Morgan fingerprint density at radius 1 is 1.16 bits per heavy atom. The molecule has 2 aromatic rings. The molecule has 196 valence electrons. The molecule has 0 spiro atoms. The maximum absolute atomic E-state index is 11.4. The number of nitriles is 1. The van der Waals surface area contributed by atoms with Gasteiger partial charge in [0.25, 0.3) is 0 Å². The number of benzene rings is 2. The first kappa shape index (κ1) is 23.1. The highest BCUT2D eigenvalue weighted by atomic mass is 16.7. The third kappa shape index (κ3) is 3.23. The van der Waals surface area contributed by atoms with E-state index < -0.39 is 12.1 Å². The molecule has 9 heteroatoms. The van der Waals surface area contributed by atoms with Gasteiger partial charge in [0.15, 0.2) is 18.3 Å². The predicted molar refractivity (Wildman–Crippen MR) is 134 cm³/mol. The summed E-state index contributed by atoms with van der Waals surface area (Å²) < 4.78 is 30.8. The molecule has 2 bridgehead atoms. The summed E-state index contributed by atoms with van der Waals surface area (Å²) in [7, 11) is 3.68. The van der Waals surface area contributed by atoms with Crippen LogP contribution in [-0.4, -0.2) is 73.9 Å². The van der Waals surface area contributed by atoms with Crippen LogP contribution in [0.5, 0.6) is 23.0 Å². The van der Waals surface area contributed by atoms with Gasteiger partial charge in [-0.05, 0) is 57.4 Å². The summed E-state index contributed by atoms with van der Waals surface area (Å²) in [5.74, 6) is 2.08. The molecule has 5 atom stereocenters. The van der Waals surface area contributed by atoms with Gasteiger partial charge >= 0.3 is 0 Å². The van der Waals surface area contributed by atoms with Crippen molar-refractivity contribution in [1.82, 2.24) is 9.80 Å². The normalized spacial score (nSPS) is 28.1. The van der Waals surface area contributed by atoms with E-state index in [0.717, 1.165) is 33.6 Å². The lowest BCUT2D eigenvalue weighted by Crippen LogP contribution is -2.68. The minimum Gasteiger partial charge on any atom is -0.507 e. The molecule has 0 saturated carbocycles. The number of fused-ring (bicyclic) bond motifs is 9. The van der Waals surface area contributed by atoms with Crippen LogP contribution in [0.3, 0.4) is 0 Å². The predicted octanol–water partition coefficient (Wildman–Crippen LogP) is 2.79. The number of methoxy groups -OCH3 is 1. The van der Waals surface area contributed by atoms with Gasteiger partial charge in [0, 0.05) is 41.4 Å². The molecule has 2 aromatic carbocycles. The highest BCUT2D eigenvalue weighted by molar-refractivity contribution is 5.66. The van der Waals surface area contributed by atoms with Crippen LogP contribution in [-0.2, 0) is 17.6 Å². The maximum Gasteiger partial charge on any atom is 0.231 e. The molecule has 37 heavy (non-hydrogen) atoms. The average Bonchev–Trinajstić information content (AvgIpc) is 3.39. The zero-order valence-electron chi connectivity index (χ0n) is 22.8. The largest absolute Gasteiger partial charge is 0.507 e. The van der Waals surface area contributed by atoms with Gasteiger partial charge < -0.3 is 29.2 Å². The van der Waals surface area contributed by atoms with Crippen LogP contribution in [0.15, 0.2) is 6.07 Å². The number of nitrogens with zero attached hydrogens (tertiary/aromatic N) is 3. The molecule has 2 N–H and O–H groups in total. The van der Waals surface area contributed by atoms with Crippen molar-refractivity contribution in [2.45, 2.75) is 63.8 Å². The lowest BCUT2D eigenvalue weighted by atomic mass is 9.71. The molecule has 6 rings (SSSR count). The highest BCUT2D eigenvalue weighted by Crippen LogP contribution is 2.57. The second-order valence-electron chi connectivity index (χ2n) is 10.6. The Morgan fingerprint density at radius 3 is 2.68 bits per heavy atom. The van der Waals surface area contributed by atoms with Crippen molar-refractivity contribution in [1.29, 1.82) is 6.69 Å². The van der Waals surface area contributed by atoms with Crippen LogP contribution in [0.1, 0.15) is 51.0 Å². The number of phenolic OH excluding ortho intramolecular Hbond substituents is 1. The van der Waals surface area contributed by atoms with Crippen LogP contribution in [0.2, 0.25) is 0 Å². The molecule has 1 fully saturated rings. The Kier molecular flexibility index (Phi) is 5.48. The van der Waals surface area contributed by atoms with Crippen LogP contribution >= 0.6 is 0 Å². The van der Waals surface area contributed by atoms with E-state index in [4.69, 9.17) is 25.5 Å². The maximum atomic E-state index is 11.4. The Bertz CT molecular complexity index is 1340. The lowest BCUT2D eigenvalue weighted by molar-refractivity contribution is -0.0831. The Hall–Kier alpha value is -3.03. The molecule has 0 radical (unpaired) electrons. The highest BCUT2D eigenvalue weighted by Gasteiger charge is 2.56. The summed E-state index contributed by atoms with van der Waals surface area (Å²) in [5, 5.41) is 26.9. The molecule has 4 heterocycles. The topological polar surface area (TPSA) is 108 Å². The van der Waals surface area contributed by atoms with Gasteiger partial charge in [-0.1, -0.05) is 6.07 Å². The van der Waals surface area contributed by atoms with Crippen molar-refractivity contribution in [2.24, 2.45) is 0 Å². The summed E-state index contributed by atoms with van der Waals surface area (Å²) in [4.78, 5) is 4.49. The Labute approximate surface area is 218 Å².